The second-order valence-electron chi connectivity index (χ2n) is 8.90. The van der Waals surface area contributed by atoms with E-state index in [1.165, 1.54) is 7.11 Å². The van der Waals surface area contributed by atoms with Crippen molar-refractivity contribution in [1.29, 1.82) is 0 Å². The summed E-state index contributed by atoms with van der Waals surface area (Å²) in [6.45, 7) is 5.70. The van der Waals surface area contributed by atoms with Gasteiger partial charge in [0.05, 0.1) is 17.0 Å². The Morgan fingerprint density at radius 1 is 1.05 bits per heavy atom. The zero-order valence-electron chi connectivity index (χ0n) is 21.5. The first-order chi connectivity index (χ1) is 18.2. The molecule has 0 spiro atoms. The first-order valence-electron chi connectivity index (χ1n) is 11.8. The molecule has 0 saturated carbocycles. The normalized spacial score (nSPS) is 14.2. The van der Waals surface area contributed by atoms with Gasteiger partial charge in [0.25, 0.3) is 11.1 Å². The zero-order chi connectivity index (χ0) is 27.4. The molecule has 1 saturated heterocycles. The number of carbonyl (C=O) groups excluding carboxylic acids is 3. The molecule has 3 aromatic rings. The Hall–Kier alpha value is -3.75. The molecule has 4 rings (SSSR count). The van der Waals surface area contributed by atoms with Gasteiger partial charge in [-0.2, -0.15) is 0 Å². The first-order valence-corrected chi connectivity index (χ1v) is 13.0. The maximum absolute atomic E-state index is 13.0. The summed E-state index contributed by atoms with van der Waals surface area (Å²) >= 11 is 7.25. The molecular formula is C29H27ClN2O5S. The van der Waals surface area contributed by atoms with Crippen molar-refractivity contribution in [2.24, 2.45) is 0 Å². The number of aryl methyl sites for hydroxylation is 3. The van der Waals surface area contributed by atoms with Crippen molar-refractivity contribution in [3.05, 3.63) is 92.3 Å². The lowest BCUT2D eigenvalue weighted by atomic mass is 10.1. The van der Waals surface area contributed by atoms with E-state index < -0.39 is 17.1 Å². The monoisotopic (exact) mass is 550 g/mol. The van der Waals surface area contributed by atoms with Crippen LogP contribution in [0.2, 0.25) is 5.02 Å². The molecule has 0 bridgehead atoms. The van der Waals surface area contributed by atoms with Gasteiger partial charge in [0.15, 0.2) is 11.5 Å². The lowest BCUT2D eigenvalue weighted by Crippen LogP contribution is -2.36. The number of nitrogens with one attached hydrogen (secondary N) is 1. The quantitative estimate of drug-likeness (QED) is 0.321. The van der Waals surface area contributed by atoms with Crippen LogP contribution in [0.1, 0.15) is 27.8 Å². The first kappa shape index (κ1) is 27.3. The molecule has 196 valence electrons. The smallest absolute Gasteiger partial charge is 0.294 e. The van der Waals surface area contributed by atoms with E-state index in [-0.39, 0.29) is 11.4 Å². The Kier molecular flexibility index (Phi) is 8.44. The zero-order valence-corrected chi connectivity index (χ0v) is 23.0. The molecule has 0 atom stereocenters. The van der Waals surface area contributed by atoms with Crippen LogP contribution >= 0.6 is 23.4 Å². The molecule has 9 heteroatoms. The van der Waals surface area contributed by atoms with E-state index in [1.807, 2.05) is 63.2 Å². The molecule has 1 heterocycles. The van der Waals surface area contributed by atoms with Crippen molar-refractivity contribution in [3.63, 3.8) is 0 Å². The van der Waals surface area contributed by atoms with Gasteiger partial charge in [-0.05, 0) is 73.0 Å². The van der Waals surface area contributed by atoms with Crippen molar-refractivity contribution >= 4 is 52.2 Å². The van der Waals surface area contributed by atoms with Crippen LogP contribution in [0.3, 0.4) is 0 Å². The third kappa shape index (κ3) is 6.20. The van der Waals surface area contributed by atoms with Crippen LogP contribution in [0.5, 0.6) is 11.5 Å². The van der Waals surface area contributed by atoms with Crippen LogP contribution in [0.15, 0.2) is 59.5 Å². The Bertz CT molecular complexity index is 1420. The maximum atomic E-state index is 13.0. The van der Waals surface area contributed by atoms with Gasteiger partial charge in [-0.1, -0.05) is 59.6 Å². The van der Waals surface area contributed by atoms with Crippen LogP contribution in [0.4, 0.5) is 10.5 Å². The largest absolute Gasteiger partial charge is 0.493 e. The third-order valence-corrected chi connectivity index (χ3v) is 7.08. The van der Waals surface area contributed by atoms with Gasteiger partial charge in [-0.25, -0.2) is 0 Å². The number of carbonyl (C=O) groups is 3. The third-order valence-electron chi connectivity index (χ3n) is 5.89. The number of halogens is 1. The fourth-order valence-corrected chi connectivity index (χ4v) is 5.29. The minimum absolute atomic E-state index is 0.182. The Morgan fingerprint density at radius 3 is 2.39 bits per heavy atom. The highest BCUT2D eigenvalue weighted by molar-refractivity contribution is 8.18. The second-order valence-corrected chi connectivity index (χ2v) is 10.3. The van der Waals surface area contributed by atoms with Crippen LogP contribution in [0, 0.1) is 20.8 Å². The van der Waals surface area contributed by atoms with Crippen molar-refractivity contribution < 1.29 is 23.9 Å². The molecule has 0 radical (unpaired) electrons. The summed E-state index contributed by atoms with van der Waals surface area (Å²) in [7, 11) is 1.49. The van der Waals surface area contributed by atoms with E-state index in [1.54, 1.807) is 18.2 Å². The summed E-state index contributed by atoms with van der Waals surface area (Å²) in [5.41, 5.74) is 5.11. The molecule has 1 aliphatic heterocycles. The number of rotatable bonds is 8. The number of benzene rings is 3. The van der Waals surface area contributed by atoms with Gasteiger partial charge in [-0.15, -0.1) is 0 Å². The van der Waals surface area contributed by atoms with Gasteiger partial charge in [0.2, 0.25) is 5.91 Å². The molecule has 1 aliphatic rings. The molecule has 1 fully saturated rings. The molecule has 3 aromatic carbocycles. The topological polar surface area (TPSA) is 84.9 Å². The molecular weight excluding hydrogens is 524 g/mol. The lowest BCUT2D eigenvalue weighted by Gasteiger charge is -2.16. The molecule has 3 amide bonds. The van der Waals surface area contributed by atoms with E-state index in [2.05, 4.69) is 5.32 Å². The van der Waals surface area contributed by atoms with Gasteiger partial charge in [0.1, 0.15) is 13.2 Å². The SMILES string of the molecule is COc1cc(/C=C2\SC(=O)N(CC(=O)Nc3c(C)cc(C)cc3C)C2=O)cc(Cl)c1OCc1ccccc1. The van der Waals surface area contributed by atoms with E-state index in [4.69, 9.17) is 21.1 Å². The van der Waals surface area contributed by atoms with Crippen molar-refractivity contribution in [2.45, 2.75) is 27.4 Å². The number of anilines is 1. The van der Waals surface area contributed by atoms with Crippen molar-refractivity contribution in [2.75, 3.05) is 19.0 Å². The highest BCUT2D eigenvalue weighted by atomic mass is 35.5. The second kappa shape index (κ2) is 11.8. The molecule has 0 aliphatic carbocycles. The number of hydrogen-bond donors (Lipinski definition) is 1. The molecule has 1 N–H and O–H groups in total. The van der Waals surface area contributed by atoms with Crippen LogP contribution in [-0.4, -0.2) is 35.6 Å². The number of imide groups is 1. The fraction of sp³-hybridized carbons (Fsp3) is 0.207. The predicted octanol–water partition coefficient (Wildman–Crippen LogP) is 6.53. The minimum Gasteiger partial charge on any atom is -0.493 e. The molecule has 7 nitrogen and oxygen atoms in total. The van der Waals surface area contributed by atoms with Gasteiger partial charge < -0.3 is 14.8 Å². The highest BCUT2D eigenvalue weighted by Crippen LogP contribution is 2.39. The van der Waals surface area contributed by atoms with Crippen molar-refractivity contribution in [3.8, 4) is 11.5 Å². The number of hydrogen-bond acceptors (Lipinski definition) is 6. The highest BCUT2D eigenvalue weighted by Gasteiger charge is 2.36. The van der Waals surface area contributed by atoms with E-state index >= 15 is 0 Å². The summed E-state index contributed by atoms with van der Waals surface area (Å²) < 4.78 is 11.3. The fourth-order valence-electron chi connectivity index (χ4n) is 4.18. The Balaban J connectivity index is 1.48. The summed E-state index contributed by atoms with van der Waals surface area (Å²) in [4.78, 5) is 39.4. The van der Waals surface area contributed by atoms with Gasteiger partial charge in [0, 0.05) is 5.69 Å². The molecule has 38 heavy (non-hydrogen) atoms. The molecule has 0 aromatic heterocycles. The van der Waals surface area contributed by atoms with Crippen molar-refractivity contribution in [1.82, 2.24) is 4.90 Å². The number of amides is 3. The van der Waals surface area contributed by atoms with E-state index in [9.17, 15) is 14.4 Å². The van der Waals surface area contributed by atoms with E-state index in [0.29, 0.717) is 34.4 Å². The average molecular weight is 551 g/mol. The summed E-state index contributed by atoms with van der Waals surface area (Å²) in [5, 5.41) is 2.61. The standard InChI is InChI=1S/C29H27ClN2O5S/c1-17-10-18(2)26(19(3)11-17)31-25(33)15-32-28(34)24(38-29(32)35)14-21-12-22(30)27(23(13-21)36-4)37-16-20-8-6-5-7-9-20/h5-14H,15-16H2,1-4H3,(H,31,33)/b24-14-. The van der Waals surface area contributed by atoms with Crippen LogP contribution in [-0.2, 0) is 16.2 Å². The molecule has 0 unspecified atom stereocenters. The van der Waals surface area contributed by atoms with Crippen LogP contribution < -0.4 is 14.8 Å². The Labute approximate surface area is 230 Å². The number of thioether (sulfide) groups is 1. The maximum Gasteiger partial charge on any atom is 0.294 e. The van der Waals surface area contributed by atoms with E-state index in [0.717, 1.165) is 38.9 Å². The predicted molar refractivity (Wildman–Crippen MR) is 151 cm³/mol. The number of nitrogens with zero attached hydrogens (tertiary/aromatic N) is 1. The lowest BCUT2D eigenvalue weighted by molar-refractivity contribution is -0.127. The average Bonchev–Trinajstić information content (AvgIpc) is 3.13. The summed E-state index contributed by atoms with van der Waals surface area (Å²) in [5.74, 6) is -0.232. The number of ether oxygens (including phenoxy) is 2. The van der Waals surface area contributed by atoms with Crippen LogP contribution in [0.25, 0.3) is 6.08 Å². The van der Waals surface area contributed by atoms with Gasteiger partial charge >= 0.3 is 0 Å². The Morgan fingerprint density at radius 2 is 1.74 bits per heavy atom. The summed E-state index contributed by atoms with van der Waals surface area (Å²) in [6, 6.07) is 16.9. The van der Waals surface area contributed by atoms with Gasteiger partial charge in [-0.3, -0.25) is 19.3 Å². The minimum atomic E-state index is -0.549. The number of methoxy groups -OCH3 is 1. The summed E-state index contributed by atoms with van der Waals surface area (Å²) in [6.07, 6.45) is 1.55.